The lowest BCUT2D eigenvalue weighted by molar-refractivity contribution is 0.371. The second-order valence-corrected chi connectivity index (χ2v) is 7.58. The van der Waals surface area contributed by atoms with Gasteiger partial charge in [-0.05, 0) is 69.3 Å². The van der Waals surface area contributed by atoms with Gasteiger partial charge >= 0.3 is 0 Å². The number of rotatable bonds is 4. The molecule has 4 heteroatoms. The summed E-state index contributed by atoms with van der Waals surface area (Å²) in [5.74, 6) is 1.32. The van der Waals surface area contributed by atoms with Crippen LogP contribution in [0.15, 0.2) is 34.8 Å². The maximum atomic E-state index is 9.95. The Bertz CT molecular complexity index is 749. The summed E-state index contributed by atoms with van der Waals surface area (Å²) in [5.41, 5.74) is 4.18. The van der Waals surface area contributed by atoms with Gasteiger partial charge in [0.15, 0.2) is 11.5 Å². The summed E-state index contributed by atoms with van der Waals surface area (Å²) in [6.45, 7) is 0. The van der Waals surface area contributed by atoms with E-state index >= 15 is 0 Å². The van der Waals surface area contributed by atoms with Crippen molar-refractivity contribution in [2.24, 2.45) is 5.92 Å². The van der Waals surface area contributed by atoms with Crippen molar-refractivity contribution in [1.29, 1.82) is 0 Å². The van der Waals surface area contributed by atoms with Crippen LogP contribution in [0.4, 0.5) is 0 Å². The van der Waals surface area contributed by atoms with Crippen molar-refractivity contribution in [2.45, 2.75) is 24.7 Å². The molecule has 22 heavy (non-hydrogen) atoms. The van der Waals surface area contributed by atoms with Crippen molar-refractivity contribution < 1.29 is 9.84 Å². The van der Waals surface area contributed by atoms with Crippen LogP contribution in [0, 0.1) is 5.92 Å². The molecule has 0 aromatic heterocycles. The Morgan fingerprint density at radius 1 is 1.32 bits per heavy atom. The van der Waals surface area contributed by atoms with E-state index in [0.717, 1.165) is 11.5 Å². The van der Waals surface area contributed by atoms with Crippen LogP contribution in [-0.4, -0.2) is 12.2 Å². The lowest BCUT2D eigenvalue weighted by atomic mass is 9.98. The number of benzene rings is 2. The quantitative estimate of drug-likeness (QED) is 0.803. The zero-order chi connectivity index (χ0) is 15.5. The Kier molecular flexibility index (Phi) is 3.21. The van der Waals surface area contributed by atoms with Gasteiger partial charge in [-0.3, -0.25) is 0 Å². The molecule has 0 unspecified atom stereocenters. The van der Waals surface area contributed by atoms with E-state index in [9.17, 15) is 5.11 Å². The predicted octanol–water partition coefficient (Wildman–Crippen LogP) is 5.07. The van der Waals surface area contributed by atoms with Gasteiger partial charge in [0.2, 0.25) is 0 Å². The van der Waals surface area contributed by atoms with Crippen LogP contribution in [0.1, 0.15) is 29.5 Å². The number of fused-ring (bicyclic) bond motifs is 1. The number of hydrogen-bond donors (Lipinski definition) is 1. The Morgan fingerprint density at radius 2 is 1.95 bits per heavy atom. The first-order valence-corrected chi connectivity index (χ1v) is 8.55. The molecule has 0 radical (unpaired) electrons. The van der Waals surface area contributed by atoms with Gasteiger partial charge in [0.25, 0.3) is 0 Å². The number of phenolic OH excluding ortho intramolecular Hbond substituents is 1. The molecule has 2 aromatic carbocycles. The number of aromatic hydroxyl groups is 1. The van der Waals surface area contributed by atoms with Crippen LogP contribution >= 0.6 is 27.5 Å². The third kappa shape index (κ3) is 2.14. The average Bonchev–Trinajstić information content (AvgIpc) is 3.36. The van der Waals surface area contributed by atoms with Crippen LogP contribution in [0.25, 0.3) is 0 Å². The van der Waals surface area contributed by atoms with Gasteiger partial charge in [-0.1, -0.05) is 35.9 Å². The first kappa shape index (κ1) is 14.4. The topological polar surface area (TPSA) is 29.5 Å². The van der Waals surface area contributed by atoms with E-state index in [1.54, 1.807) is 0 Å². The van der Waals surface area contributed by atoms with Crippen molar-refractivity contribution in [3.05, 3.63) is 56.5 Å². The van der Waals surface area contributed by atoms with Crippen molar-refractivity contribution in [2.75, 3.05) is 7.11 Å². The molecular weight excluding hydrogens is 364 g/mol. The lowest BCUT2D eigenvalue weighted by Crippen LogP contribution is -1.96. The van der Waals surface area contributed by atoms with Crippen molar-refractivity contribution >= 4 is 27.5 Å². The van der Waals surface area contributed by atoms with Gasteiger partial charge in [0.1, 0.15) is 0 Å². The minimum atomic E-state index is 0.0409. The molecule has 114 valence electrons. The third-order valence-corrected chi connectivity index (χ3v) is 6.05. The molecule has 4 rings (SSSR count). The number of halogens is 2. The summed E-state index contributed by atoms with van der Waals surface area (Å²) < 4.78 is 5.80. The normalized spacial score (nSPS) is 24.8. The second kappa shape index (κ2) is 4.90. The fourth-order valence-electron chi connectivity index (χ4n) is 3.31. The van der Waals surface area contributed by atoms with E-state index in [1.807, 2.05) is 6.07 Å². The molecule has 2 fully saturated rings. The molecule has 2 aromatic rings. The van der Waals surface area contributed by atoms with Crippen LogP contribution in [-0.2, 0) is 11.8 Å². The van der Waals surface area contributed by atoms with Crippen molar-refractivity contribution in [3.63, 3.8) is 0 Å². The minimum absolute atomic E-state index is 0.0409. The Balaban J connectivity index is 1.61. The largest absolute Gasteiger partial charge is 0.503 e. The molecule has 0 aliphatic heterocycles. The maximum Gasteiger partial charge on any atom is 0.180 e. The van der Waals surface area contributed by atoms with Crippen molar-refractivity contribution in [1.82, 2.24) is 0 Å². The summed E-state index contributed by atoms with van der Waals surface area (Å²) >= 11 is 9.70. The summed E-state index contributed by atoms with van der Waals surface area (Å²) in [4.78, 5) is 0. The summed E-state index contributed by atoms with van der Waals surface area (Å²) in [6, 6.07) is 10.7. The van der Waals surface area contributed by atoms with Crippen LogP contribution in [0.5, 0.6) is 11.5 Å². The molecule has 0 saturated heterocycles. The number of ether oxygens (including phenoxy) is 1. The standard InChI is InChI=1S/C18H16BrClO2/c1-22-17-15(20)11(7-14(19)16(17)21)6-10-2-4-12(5-3-10)18-8-13(18)9-18/h2-5,7,13,21H,6,8-9H2,1H3. The van der Waals surface area contributed by atoms with Crippen LogP contribution in [0.2, 0.25) is 5.02 Å². The summed E-state index contributed by atoms with van der Waals surface area (Å²) in [7, 11) is 1.51. The highest BCUT2D eigenvalue weighted by Gasteiger charge is 2.70. The molecule has 0 atom stereocenters. The molecule has 0 bridgehead atoms. The molecule has 2 nitrogen and oxygen atoms in total. The smallest absolute Gasteiger partial charge is 0.180 e. The zero-order valence-corrected chi connectivity index (χ0v) is 14.5. The fourth-order valence-corrected chi connectivity index (χ4v) is 4.05. The predicted molar refractivity (Wildman–Crippen MR) is 91.0 cm³/mol. The van der Waals surface area contributed by atoms with Crippen LogP contribution < -0.4 is 4.74 Å². The maximum absolute atomic E-state index is 9.95. The molecule has 1 N–H and O–H groups in total. The lowest BCUT2D eigenvalue weighted by Gasteiger charge is -2.13. The molecule has 2 aliphatic carbocycles. The van der Waals surface area contributed by atoms with Crippen LogP contribution in [0.3, 0.4) is 0 Å². The summed E-state index contributed by atoms with van der Waals surface area (Å²) in [6.07, 6.45) is 3.46. The van der Waals surface area contributed by atoms with Gasteiger partial charge in [-0.25, -0.2) is 0 Å². The van der Waals surface area contributed by atoms with Gasteiger partial charge in [0.05, 0.1) is 16.6 Å². The van der Waals surface area contributed by atoms with Gasteiger partial charge in [-0.2, -0.15) is 0 Å². The SMILES string of the molecule is COc1c(O)c(Br)cc(Cc2ccc(C34CC3C4)cc2)c1Cl. The zero-order valence-electron chi connectivity index (χ0n) is 12.2. The van der Waals surface area contributed by atoms with E-state index in [-0.39, 0.29) is 5.75 Å². The molecule has 2 aliphatic rings. The number of methoxy groups -OCH3 is 1. The van der Waals surface area contributed by atoms with Gasteiger partial charge in [0, 0.05) is 0 Å². The monoisotopic (exact) mass is 378 g/mol. The Morgan fingerprint density at radius 3 is 2.50 bits per heavy atom. The Hall–Kier alpha value is -1.19. The minimum Gasteiger partial charge on any atom is -0.503 e. The fraction of sp³-hybridized carbons (Fsp3) is 0.333. The van der Waals surface area contributed by atoms with Crippen molar-refractivity contribution in [3.8, 4) is 11.5 Å². The van der Waals surface area contributed by atoms with Gasteiger partial charge in [-0.15, -0.1) is 0 Å². The first-order valence-electron chi connectivity index (χ1n) is 7.38. The molecule has 0 spiro atoms. The van der Waals surface area contributed by atoms with Gasteiger partial charge < -0.3 is 9.84 Å². The van der Waals surface area contributed by atoms with E-state index in [0.29, 0.717) is 27.1 Å². The molecule has 0 amide bonds. The first-order chi connectivity index (χ1) is 10.5. The third-order valence-electron chi connectivity index (χ3n) is 5.03. The Labute approximate surface area is 143 Å². The second-order valence-electron chi connectivity index (χ2n) is 6.35. The number of hydrogen-bond acceptors (Lipinski definition) is 2. The highest BCUT2D eigenvalue weighted by atomic mass is 79.9. The summed E-state index contributed by atoms with van der Waals surface area (Å²) in [5, 5.41) is 10.4. The van der Waals surface area contributed by atoms with E-state index < -0.39 is 0 Å². The molecular formula is C18H16BrClO2. The molecule has 2 saturated carbocycles. The van der Waals surface area contributed by atoms with E-state index in [2.05, 4.69) is 40.2 Å². The van der Waals surface area contributed by atoms with E-state index in [1.165, 1.54) is 31.1 Å². The molecule has 0 heterocycles. The number of phenols is 1. The average molecular weight is 380 g/mol. The highest BCUT2D eigenvalue weighted by molar-refractivity contribution is 9.10. The van der Waals surface area contributed by atoms with E-state index in [4.69, 9.17) is 16.3 Å². The highest BCUT2D eigenvalue weighted by Crippen LogP contribution is 2.75.